The monoisotopic (exact) mass is 513 g/mol. The molecule has 0 fully saturated rings. The Kier molecular flexibility index (Phi) is 13.9. The Morgan fingerprint density at radius 3 is 2.58 bits per heavy atom. The zero-order valence-electron chi connectivity index (χ0n) is 21.1. The largest absolute Gasteiger partial charge is 0.389 e. The average Bonchev–Trinajstić information content (AvgIpc) is 3.22. The van der Waals surface area contributed by atoms with Crippen LogP contribution in [0, 0.1) is 6.92 Å². The van der Waals surface area contributed by atoms with Gasteiger partial charge in [-0.3, -0.25) is 0 Å². The molecule has 0 saturated carbocycles. The van der Waals surface area contributed by atoms with Crippen LogP contribution in [0.3, 0.4) is 0 Å². The Morgan fingerprint density at radius 1 is 1.15 bits per heavy atom. The van der Waals surface area contributed by atoms with E-state index in [1.807, 2.05) is 51.3 Å². The van der Waals surface area contributed by atoms with Crippen LogP contribution in [0.5, 0.6) is 0 Å². The number of anilines is 1. The summed E-state index contributed by atoms with van der Waals surface area (Å²) in [5.41, 5.74) is 5.17. The van der Waals surface area contributed by atoms with Crippen molar-refractivity contribution in [3.8, 4) is 11.3 Å². The Balaban J connectivity index is 0.00000129. The minimum Gasteiger partial charge on any atom is -0.389 e. The van der Waals surface area contributed by atoms with E-state index in [2.05, 4.69) is 75.5 Å². The van der Waals surface area contributed by atoms with E-state index < -0.39 is 0 Å². The molecule has 33 heavy (non-hydrogen) atoms. The summed E-state index contributed by atoms with van der Waals surface area (Å²) in [5, 5.41) is 11.4. The van der Waals surface area contributed by atoms with Gasteiger partial charge in [0, 0.05) is 30.4 Å². The van der Waals surface area contributed by atoms with Gasteiger partial charge in [0.05, 0.1) is 16.4 Å². The van der Waals surface area contributed by atoms with Crippen LogP contribution in [0.15, 0.2) is 65.4 Å². The maximum Gasteiger partial charge on any atom is 0.172 e. The molecule has 2 N–H and O–H groups in total. The highest BCUT2D eigenvalue weighted by atomic mass is 79.9. The summed E-state index contributed by atoms with van der Waals surface area (Å²) in [4.78, 5) is 4.81. The summed E-state index contributed by atoms with van der Waals surface area (Å²) in [6, 6.07) is 10.4. The van der Waals surface area contributed by atoms with Crippen LogP contribution in [-0.2, 0) is 0 Å². The average molecular weight is 515 g/mol. The first-order valence-corrected chi connectivity index (χ1v) is 12.8. The molecule has 0 atom stereocenters. The molecule has 0 saturated heterocycles. The van der Waals surface area contributed by atoms with E-state index in [0.717, 1.165) is 65.2 Å². The minimum absolute atomic E-state index is 0.809. The minimum atomic E-state index is 0.809. The lowest BCUT2D eigenvalue weighted by atomic mass is 10.1. The third-order valence-corrected chi connectivity index (χ3v) is 5.29. The van der Waals surface area contributed by atoms with E-state index in [1.54, 1.807) is 6.20 Å². The van der Waals surface area contributed by atoms with Crippen LogP contribution >= 0.6 is 15.9 Å². The molecule has 2 aromatic heterocycles. The lowest BCUT2D eigenvalue weighted by Gasteiger charge is -2.13. The zero-order valence-corrected chi connectivity index (χ0v) is 22.7. The van der Waals surface area contributed by atoms with E-state index in [1.165, 1.54) is 5.56 Å². The second-order valence-electron chi connectivity index (χ2n) is 6.99. The van der Waals surface area contributed by atoms with Gasteiger partial charge in [-0.15, -0.1) is 0 Å². The smallest absolute Gasteiger partial charge is 0.172 e. The summed E-state index contributed by atoms with van der Waals surface area (Å²) >= 11 is 3.56. The SMILES string of the molecule is C=C(CC/C=C\C)NCCCNc1cc(-c2ccccc2C)nc2c(Br)cnn12.CC.CC. The molecule has 2 heterocycles. The van der Waals surface area contributed by atoms with Gasteiger partial charge >= 0.3 is 0 Å². The molecule has 0 aliphatic carbocycles. The van der Waals surface area contributed by atoms with Crippen molar-refractivity contribution in [3.05, 3.63) is 71.0 Å². The number of aromatic nitrogens is 3. The number of nitrogens with one attached hydrogen (secondary N) is 2. The number of allylic oxidation sites excluding steroid dienone is 3. The predicted octanol–water partition coefficient (Wildman–Crippen LogP) is 7.78. The first-order chi connectivity index (χ1) is 16.1. The van der Waals surface area contributed by atoms with Crippen LogP contribution < -0.4 is 10.6 Å². The number of aryl methyl sites for hydroxylation is 1. The first kappa shape index (κ1) is 28.4. The lowest BCUT2D eigenvalue weighted by Crippen LogP contribution is -2.17. The van der Waals surface area contributed by atoms with Crippen molar-refractivity contribution in [1.82, 2.24) is 19.9 Å². The molecule has 0 aliphatic rings. The van der Waals surface area contributed by atoms with Crippen molar-refractivity contribution in [2.45, 2.75) is 60.8 Å². The van der Waals surface area contributed by atoms with E-state index >= 15 is 0 Å². The fourth-order valence-corrected chi connectivity index (χ4v) is 3.49. The second-order valence-corrected chi connectivity index (χ2v) is 7.84. The quantitative estimate of drug-likeness (QED) is 0.214. The van der Waals surface area contributed by atoms with Gasteiger partial charge in [0.2, 0.25) is 0 Å². The molecule has 0 amide bonds. The highest BCUT2D eigenvalue weighted by molar-refractivity contribution is 9.10. The van der Waals surface area contributed by atoms with E-state index in [0.29, 0.717) is 0 Å². The van der Waals surface area contributed by atoms with Crippen LogP contribution in [-0.4, -0.2) is 27.7 Å². The molecule has 0 aliphatic heterocycles. The maximum atomic E-state index is 4.81. The van der Waals surface area contributed by atoms with Gasteiger partial charge < -0.3 is 10.6 Å². The molecule has 5 nitrogen and oxygen atoms in total. The number of benzene rings is 1. The number of halogens is 1. The second kappa shape index (κ2) is 16.1. The van der Waals surface area contributed by atoms with E-state index in [4.69, 9.17) is 4.98 Å². The molecule has 6 heteroatoms. The summed E-state index contributed by atoms with van der Waals surface area (Å²) in [7, 11) is 0. The normalized spacial score (nSPS) is 10.3. The molecule has 3 aromatic rings. The highest BCUT2D eigenvalue weighted by Crippen LogP contribution is 2.27. The highest BCUT2D eigenvalue weighted by Gasteiger charge is 2.12. The third kappa shape index (κ3) is 8.69. The van der Waals surface area contributed by atoms with Gasteiger partial charge in [-0.25, -0.2) is 4.98 Å². The predicted molar refractivity (Wildman–Crippen MR) is 148 cm³/mol. The standard InChI is InChI=1S/C23H28BrN5.2C2H6/c1-4-5-6-11-18(3)25-13-9-14-26-22-15-21(19-12-8-7-10-17(19)2)28-23-20(24)16-27-29(22)23;2*1-2/h4-5,7-8,10,12,15-16,25-26H,3,6,9,11,13-14H2,1-2H3;2*1-2H3/b5-4-;;. The van der Waals surface area contributed by atoms with Gasteiger partial charge in [0.1, 0.15) is 5.82 Å². The van der Waals surface area contributed by atoms with Gasteiger partial charge in [-0.1, -0.05) is 70.7 Å². The fourth-order valence-electron chi connectivity index (χ4n) is 3.14. The molecule has 1 aromatic carbocycles. The molecular weight excluding hydrogens is 474 g/mol. The number of rotatable bonds is 10. The molecule has 0 spiro atoms. The zero-order chi connectivity index (χ0) is 24.6. The molecule has 0 radical (unpaired) electrons. The Bertz CT molecular complexity index is 1010. The van der Waals surface area contributed by atoms with Crippen molar-refractivity contribution in [1.29, 1.82) is 0 Å². The van der Waals surface area contributed by atoms with E-state index in [9.17, 15) is 0 Å². The number of fused-ring (bicyclic) bond motifs is 1. The number of hydrogen-bond acceptors (Lipinski definition) is 4. The van der Waals surface area contributed by atoms with Crippen molar-refractivity contribution >= 4 is 27.4 Å². The number of nitrogens with zero attached hydrogens (tertiary/aromatic N) is 3. The van der Waals surface area contributed by atoms with Gasteiger partial charge in [-0.2, -0.15) is 9.61 Å². The summed E-state index contributed by atoms with van der Waals surface area (Å²) in [5.74, 6) is 0.936. The fraction of sp³-hybridized carbons (Fsp3) is 0.407. The summed E-state index contributed by atoms with van der Waals surface area (Å²) in [6.07, 6.45) is 9.01. The number of hydrogen-bond donors (Lipinski definition) is 2. The Labute approximate surface area is 208 Å². The van der Waals surface area contributed by atoms with Crippen LogP contribution in [0.1, 0.15) is 59.4 Å². The topological polar surface area (TPSA) is 54.2 Å². The molecule has 180 valence electrons. The molecular formula is C27H40BrN5. The van der Waals surface area contributed by atoms with Crippen molar-refractivity contribution in [2.75, 3.05) is 18.4 Å². The molecule has 0 unspecified atom stereocenters. The van der Waals surface area contributed by atoms with Crippen molar-refractivity contribution < 1.29 is 0 Å². The molecule has 0 bridgehead atoms. The van der Waals surface area contributed by atoms with Crippen LogP contribution in [0.2, 0.25) is 0 Å². The third-order valence-electron chi connectivity index (χ3n) is 4.73. The Morgan fingerprint density at radius 2 is 1.88 bits per heavy atom. The first-order valence-electron chi connectivity index (χ1n) is 12.0. The van der Waals surface area contributed by atoms with Crippen molar-refractivity contribution in [3.63, 3.8) is 0 Å². The van der Waals surface area contributed by atoms with E-state index in [-0.39, 0.29) is 0 Å². The van der Waals surface area contributed by atoms with Crippen LogP contribution in [0.25, 0.3) is 16.9 Å². The van der Waals surface area contributed by atoms with Gasteiger partial charge in [-0.05, 0) is 54.6 Å². The van der Waals surface area contributed by atoms with Crippen molar-refractivity contribution in [2.24, 2.45) is 0 Å². The summed E-state index contributed by atoms with van der Waals surface area (Å²) in [6.45, 7) is 18.0. The Hall–Kier alpha value is -2.60. The maximum absolute atomic E-state index is 4.81. The lowest BCUT2D eigenvalue weighted by molar-refractivity contribution is 0.713. The van der Waals surface area contributed by atoms with Gasteiger partial charge in [0.15, 0.2) is 5.65 Å². The summed E-state index contributed by atoms with van der Waals surface area (Å²) < 4.78 is 2.73. The van der Waals surface area contributed by atoms with Gasteiger partial charge in [0.25, 0.3) is 0 Å². The molecule has 3 rings (SSSR count). The van der Waals surface area contributed by atoms with Crippen LogP contribution in [0.4, 0.5) is 5.82 Å².